The van der Waals surface area contributed by atoms with Gasteiger partial charge in [0, 0.05) is 29.3 Å². The van der Waals surface area contributed by atoms with Crippen molar-refractivity contribution in [2.45, 2.75) is 63.4 Å². The second kappa shape index (κ2) is 10.3. The number of rotatable bonds is 6. The highest BCUT2D eigenvalue weighted by Gasteiger charge is 2.42. The van der Waals surface area contributed by atoms with Crippen molar-refractivity contribution in [1.82, 2.24) is 5.32 Å². The Morgan fingerprint density at radius 1 is 0.946 bits per heavy atom. The maximum atomic E-state index is 13.8. The van der Waals surface area contributed by atoms with E-state index in [2.05, 4.69) is 5.32 Å². The van der Waals surface area contributed by atoms with Crippen LogP contribution in [0.5, 0.6) is 17.2 Å². The molecule has 0 spiro atoms. The summed E-state index contributed by atoms with van der Waals surface area (Å²) in [5, 5.41) is 13.3. The van der Waals surface area contributed by atoms with Crippen molar-refractivity contribution in [3.05, 3.63) is 76.1 Å². The zero-order chi connectivity index (χ0) is 26.1. The lowest BCUT2D eigenvalue weighted by Gasteiger charge is -2.37. The number of benzene rings is 2. The average Bonchev–Trinajstić information content (AvgIpc) is 3.40. The Labute approximate surface area is 217 Å². The molecule has 1 fully saturated rings. The molecule has 1 aliphatic heterocycles. The first-order valence-corrected chi connectivity index (χ1v) is 12.9. The summed E-state index contributed by atoms with van der Waals surface area (Å²) in [4.78, 5) is 27.3. The predicted octanol–water partition coefficient (Wildman–Crippen LogP) is 5.26. The molecular weight excluding hydrogens is 470 g/mol. The Morgan fingerprint density at radius 3 is 2.30 bits per heavy atom. The molecule has 0 bridgehead atoms. The van der Waals surface area contributed by atoms with E-state index >= 15 is 0 Å². The van der Waals surface area contributed by atoms with Gasteiger partial charge in [0.05, 0.1) is 19.8 Å². The molecule has 2 N–H and O–H groups in total. The number of carbonyl (C=O) groups excluding carboxylic acids is 2. The number of carbonyl (C=O) groups is 2. The number of nitrogens with one attached hydrogen (secondary N) is 1. The van der Waals surface area contributed by atoms with Gasteiger partial charge < -0.3 is 24.6 Å². The second-order valence-corrected chi connectivity index (χ2v) is 10.0. The third kappa shape index (κ3) is 4.82. The van der Waals surface area contributed by atoms with E-state index in [1.165, 1.54) is 0 Å². The van der Waals surface area contributed by atoms with Crippen LogP contribution in [0.1, 0.15) is 68.4 Å². The SMILES string of the molecule is COc1ccc(C2CC(=O)C3=C(C2)NC(C)=C(C(=O)OC2CCCC2)C3c2ccc(O)cc2)cc1OC. The zero-order valence-electron chi connectivity index (χ0n) is 21.5. The number of ketones is 1. The number of Topliss-reactive ketones (excluding diaryl/α,β-unsaturated/α-hetero) is 1. The minimum Gasteiger partial charge on any atom is -0.508 e. The van der Waals surface area contributed by atoms with Crippen molar-refractivity contribution in [2.75, 3.05) is 14.2 Å². The Hall–Kier alpha value is -3.74. The molecule has 0 saturated heterocycles. The van der Waals surface area contributed by atoms with Gasteiger partial charge >= 0.3 is 5.97 Å². The number of esters is 1. The second-order valence-electron chi connectivity index (χ2n) is 10.0. The van der Waals surface area contributed by atoms with Gasteiger partial charge in [-0.3, -0.25) is 4.79 Å². The molecule has 1 saturated carbocycles. The smallest absolute Gasteiger partial charge is 0.337 e. The first-order valence-electron chi connectivity index (χ1n) is 12.9. The quantitative estimate of drug-likeness (QED) is 0.520. The van der Waals surface area contributed by atoms with Gasteiger partial charge in [-0.2, -0.15) is 0 Å². The van der Waals surface area contributed by atoms with Gasteiger partial charge in [0.25, 0.3) is 0 Å². The molecule has 1 heterocycles. The number of hydrogen-bond acceptors (Lipinski definition) is 7. The molecular formula is C30H33NO6. The Morgan fingerprint density at radius 2 is 1.62 bits per heavy atom. The van der Waals surface area contributed by atoms with E-state index in [-0.39, 0.29) is 29.5 Å². The fraction of sp³-hybridized carbons (Fsp3) is 0.400. The van der Waals surface area contributed by atoms with E-state index in [0.717, 1.165) is 42.5 Å². The standard InChI is InChI=1S/C30H33NO6/c1-17-27(30(34)37-22-6-4-5-7-22)28(18-8-11-21(32)12-9-18)29-23(31-17)14-20(15-24(29)33)19-10-13-25(35-2)26(16-19)36-3/h8-13,16,20,22,28,31-32H,4-7,14-15H2,1-3H3. The highest BCUT2D eigenvalue weighted by Crippen LogP contribution is 2.47. The molecule has 37 heavy (non-hydrogen) atoms. The van der Waals surface area contributed by atoms with Crippen molar-refractivity contribution < 1.29 is 28.9 Å². The average molecular weight is 504 g/mol. The van der Waals surface area contributed by atoms with Crippen LogP contribution in [-0.4, -0.2) is 37.2 Å². The molecule has 7 nitrogen and oxygen atoms in total. The van der Waals surface area contributed by atoms with E-state index in [1.54, 1.807) is 38.5 Å². The summed E-state index contributed by atoms with van der Waals surface area (Å²) in [7, 11) is 3.19. The number of aromatic hydroxyl groups is 1. The monoisotopic (exact) mass is 503 g/mol. The number of dihydropyridines is 1. The van der Waals surface area contributed by atoms with E-state index in [4.69, 9.17) is 14.2 Å². The first kappa shape index (κ1) is 24.9. The van der Waals surface area contributed by atoms with Crippen LogP contribution in [-0.2, 0) is 14.3 Å². The summed E-state index contributed by atoms with van der Waals surface area (Å²) in [6, 6.07) is 12.5. The first-order chi connectivity index (χ1) is 17.9. The topological polar surface area (TPSA) is 94.1 Å². The van der Waals surface area contributed by atoms with Gasteiger partial charge in [0.15, 0.2) is 17.3 Å². The molecule has 194 valence electrons. The molecule has 0 radical (unpaired) electrons. The van der Waals surface area contributed by atoms with Gasteiger partial charge in [-0.15, -0.1) is 0 Å². The van der Waals surface area contributed by atoms with Crippen LogP contribution in [0.4, 0.5) is 0 Å². The maximum absolute atomic E-state index is 13.8. The number of hydrogen-bond donors (Lipinski definition) is 2. The summed E-state index contributed by atoms with van der Waals surface area (Å²) in [6.07, 6.45) is 4.70. The number of allylic oxidation sites excluding steroid dienone is 3. The van der Waals surface area contributed by atoms with Crippen LogP contribution < -0.4 is 14.8 Å². The van der Waals surface area contributed by atoms with Gasteiger partial charge in [-0.25, -0.2) is 4.79 Å². The van der Waals surface area contributed by atoms with E-state index < -0.39 is 5.92 Å². The normalized spacial score (nSPS) is 22.0. The molecule has 2 unspecified atom stereocenters. The van der Waals surface area contributed by atoms with Crippen molar-refractivity contribution in [3.8, 4) is 17.2 Å². The molecule has 2 aliphatic carbocycles. The van der Waals surface area contributed by atoms with Crippen molar-refractivity contribution in [3.63, 3.8) is 0 Å². The van der Waals surface area contributed by atoms with E-state index in [0.29, 0.717) is 41.2 Å². The molecule has 0 amide bonds. The molecule has 2 atom stereocenters. The largest absolute Gasteiger partial charge is 0.508 e. The lowest BCUT2D eigenvalue weighted by molar-refractivity contribution is -0.144. The number of methoxy groups -OCH3 is 2. The molecule has 2 aromatic carbocycles. The molecule has 2 aromatic rings. The Balaban J connectivity index is 1.52. The number of phenolic OH excluding ortho intramolecular Hbond substituents is 1. The van der Waals surface area contributed by atoms with Crippen molar-refractivity contribution >= 4 is 11.8 Å². The summed E-state index contributed by atoms with van der Waals surface area (Å²) < 4.78 is 16.8. The van der Waals surface area contributed by atoms with Gasteiger partial charge in [-0.05, 0) is 80.3 Å². The maximum Gasteiger partial charge on any atom is 0.337 e. The lowest BCUT2D eigenvalue weighted by Crippen LogP contribution is -2.36. The van der Waals surface area contributed by atoms with Gasteiger partial charge in [0.2, 0.25) is 0 Å². The van der Waals surface area contributed by atoms with E-state index in [9.17, 15) is 14.7 Å². The fourth-order valence-electron chi connectivity index (χ4n) is 5.87. The van der Waals surface area contributed by atoms with Crippen LogP contribution in [0.2, 0.25) is 0 Å². The predicted molar refractivity (Wildman–Crippen MR) is 139 cm³/mol. The van der Waals surface area contributed by atoms with Crippen LogP contribution >= 0.6 is 0 Å². The summed E-state index contributed by atoms with van der Waals surface area (Å²) in [5.74, 6) is 0.413. The van der Waals surface area contributed by atoms with Crippen molar-refractivity contribution in [1.29, 1.82) is 0 Å². The summed E-state index contributed by atoms with van der Waals surface area (Å²) in [5.41, 5.74) is 4.36. The number of ether oxygens (including phenoxy) is 3. The van der Waals surface area contributed by atoms with E-state index in [1.807, 2.05) is 25.1 Å². The number of phenols is 1. The lowest BCUT2D eigenvalue weighted by atomic mass is 9.71. The van der Waals surface area contributed by atoms with Crippen LogP contribution in [0, 0.1) is 0 Å². The molecule has 0 aromatic heterocycles. The zero-order valence-corrected chi connectivity index (χ0v) is 21.5. The molecule has 3 aliphatic rings. The van der Waals surface area contributed by atoms with Crippen LogP contribution in [0.25, 0.3) is 0 Å². The minimum atomic E-state index is -0.551. The Kier molecular flexibility index (Phi) is 6.96. The fourth-order valence-corrected chi connectivity index (χ4v) is 5.87. The summed E-state index contributed by atoms with van der Waals surface area (Å²) >= 11 is 0. The third-order valence-corrected chi connectivity index (χ3v) is 7.73. The van der Waals surface area contributed by atoms with Gasteiger partial charge in [0.1, 0.15) is 11.9 Å². The molecule has 7 heteroatoms. The Bertz CT molecular complexity index is 1270. The van der Waals surface area contributed by atoms with Crippen molar-refractivity contribution in [2.24, 2.45) is 0 Å². The highest BCUT2D eigenvalue weighted by atomic mass is 16.5. The van der Waals surface area contributed by atoms with Crippen LogP contribution in [0.15, 0.2) is 65.0 Å². The van der Waals surface area contributed by atoms with Crippen LogP contribution in [0.3, 0.4) is 0 Å². The highest BCUT2D eigenvalue weighted by molar-refractivity contribution is 6.04. The summed E-state index contributed by atoms with van der Waals surface area (Å²) in [6.45, 7) is 1.87. The molecule has 5 rings (SSSR count). The van der Waals surface area contributed by atoms with Gasteiger partial charge in [-0.1, -0.05) is 18.2 Å². The minimum absolute atomic E-state index is 0.00900. The third-order valence-electron chi connectivity index (χ3n) is 7.73.